The first kappa shape index (κ1) is 22.8. The number of rotatable bonds is 3. The number of carbonyl (C=O) groups excluding carboxylic acids is 1. The summed E-state index contributed by atoms with van der Waals surface area (Å²) < 4.78 is 8.08. The summed E-state index contributed by atoms with van der Waals surface area (Å²) in [5.41, 5.74) is 3.17. The lowest BCUT2D eigenvalue weighted by molar-refractivity contribution is -0.120. The molecule has 4 aliphatic rings. The van der Waals surface area contributed by atoms with Crippen molar-refractivity contribution in [3.63, 3.8) is 0 Å². The van der Waals surface area contributed by atoms with Crippen LogP contribution in [0.4, 0.5) is 0 Å². The number of halogens is 1. The highest BCUT2D eigenvalue weighted by atomic mass is 79.9. The minimum atomic E-state index is -0.426. The van der Waals surface area contributed by atoms with Crippen molar-refractivity contribution in [2.75, 3.05) is 0 Å². The summed E-state index contributed by atoms with van der Waals surface area (Å²) in [6, 6.07) is 7.14. The van der Waals surface area contributed by atoms with Gasteiger partial charge >= 0.3 is 5.97 Å². The highest BCUT2D eigenvalue weighted by Crippen LogP contribution is 2.63. The lowest BCUT2D eigenvalue weighted by Crippen LogP contribution is -2.51. The van der Waals surface area contributed by atoms with Gasteiger partial charge in [0.1, 0.15) is 0 Å². The Hall–Kier alpha value is -1.98. The molecular formula is C28H32BrNO3. The van der Waals surface area contributed by atoms with Gasteiger partial charge in [0, 0.05) is 15.8 Å². The van der Waals surface area contributed by atoms with Crippen molar-refractivity contribution < 1.29 is 14.4 Å². The molecule has 4 nitrogen and oxygen atoms in total. The molecule has 0 N–H and O–H groups in total. The zero-order valence-corrected chi connectivity index (χ0v) is 21.0. The predicted octanol–water partition coefficient (Wildman–Crippen LogP) is 7.31. The number of nitrogens with zero attached hydrogens (tertiary/aromatic N) is 1. The molecule has 3 fully saturated rings. The third-order valence-electron chi connectivity index (χ3n) is 8.67. The summed E-state index contributed by atoms with van der Waals surface area (Å²) >= 11 is 3.39. The van der Waals surface area contributed by atoms with Crippen molar-refractivity contribution >= 4 is 27.6 Å². The van der Waals surface area contributed by atoms with E-state index in [-0.39, 0.29) is 22.5 Å². The average Bonchev–Trinajstić information content (AvgIpc) is 3.35. The fraction of sp³-hybridized carbons (Fsp3) is 0.500. The summed E-state index contributed by atoms with van der Waals surface area (Å²) in [5, 5.41) is 4.43. The summed E-state index contributed by atoms with van der Waals surface area (Å²) in [6.07, 6.45) is 13.4. The molecule has 1 aromatic rings. The SMILES string of the molecule is C=CC1=CC[C@]2(C)/C(=N/OC(=O)c3ccc(Br)cc3)CC[C@@H]2[C@]12CC[C@]1(CCCCC1=C)O2. The monoisotopic (exact) mass is 509 g/mol. The molecule has 1 saturated heterocycles. The number of allylic oxidation sites excluding steroid dienone is 1. The number of oxime groups is 1. The molecule has 33 heavy (non-hydrogen) atoms. The molecule has 4 atom stereocenters. The maximum Gasteiger partial charge on any atom is 0.365 e. The molecule has 174 valence electrons. The topological polar surface area (TPSA) is 47.9 Å². The van der Waals surface area contributed by atoms with E-state index < -0.39 is 5.97 Å². The van der Waals surface area contributed by atoms with Crippen molar-refractivity contribution in [1.82, 2.24) is 0 Å². The predicted molar refractivity (Wildman–Crippen MR) is 134 cm³/mol. The summed E-state index contributed by atoms with van der Waals surface area (Å²) in [4.78, 5) is 18.0. The molecule has 5 rings (SSSR count). The Kier molecular flexibility index (Phi) is 5.77. The average molecular weight is 510 g/mol. The van der Waals surface area contributed by atoms with Crippen molar-refractivity contribution in [3.05, 3.63) is 70.8 Å². The number of ether oxygens (including phenoxy) is 1. The van der Waals surface area contributed by atoms with Crippen LogP contribution in [0.25, 0.3) is 0 Å². The highest BCUT2D eigenvalue weighted by Gasteiger charge is 2.63. The molecule has 0 aromatic heterocycles. The minimum absolute atomic E-state index is 0.200. The van der Waals surface area contributed by atoms with Crippen LogP contribution in [0.15, 0.2) is 70.4 Å². The van der Waals surface area contributed by atoms with Crippen LogP contribution < -0.4 is 0 Å². The molecule has 0 radical (unpaired) electrons. The standard InChI is InChI=1S/C28H32BrNO3/c1-4-21-14-16-26(3)23(28(21)18-17-27(33-28)15-6-5-7-19(27)2)12-13-24(26)30-32-25(31)20-8-10-22(29)11-9-20/h4,8-11,14,23H,1-2,5-7,12-13,15-18H2,3H3/b30-24+/t23-,26-,27-,28-/m0/s1. The Labute approximate surface area is 204 Å². The van der Waals surface area contributed by atoms with Gasteiger partial charge in [-0.05, 0) is 93.2 Å². The molecule has 1 aliphatic heterocycles. The normalized spacial score (nSPS) is 36.8. The fourth-order valence-electron chi connectivity index (χ4n) is 6.80. The summed E-state index contributed by atoms with van der Waals surface area (Å²) in [6.45, 7) is 10.8. The first-order chi connectivity index (χ1) is 15.8. The number of carbonyl (C=O) groups is 1. The van der Waals surface area contributed by atoms with E-state index in [0.717, 1.165) is 55.1 Å². The van der Waals surface area contributed by atoms with Crippen LogP contribution >= 0.6 is 15.9 Å². The summed E-state index contributed by atoms with van der Waals surface area (Å²) in [7, 11) is 0. The quantitative estimate of drug-likeness (QED) is 0.243. The summed E-state index contributed by atoms with van der Waals surface area (Å²) in [5.74, 6) is -0.147. The number of benzene rings is 1. The Bertz CT molecular complexity index is 1060. The Morgan fingerprint density at radius 2 is 2.00 bits per heavy atom. The van der Waals surface area contributed by atoms with E-state index in [4.69, 9.17) is 9.57 Å². The van der Waals surface area contributed by atoms with Crippen LogP contribution in [-0.4, -0.2) is 22.9 Å². The van der Waals surface area contributed by atoms with E-state index in [1.54, 1.807) is 12.1 Å². The largest absolute Gasteiger partial charge is 0.365 e. The molecule has 0 amide bonds. The molecule has 5 heteroatoms. The molecule has 2 saturated carbocycles. The van der Waals surface area contributed by atoms with Gasteiger partial charge < -0.3 is 9.57 Å². The van der Waals surface area contributed by atoms with Gasteiger partial charge in [0.15, 0.2) is 0 Å². The van der Waals surface area contributed by atoms with E-state index in [0.29, 0.717) is 5.56 Å². The Morgan fingerprint density at radius 1 is 1.21 bits per heavy atom. The van der Waals surface area contributed by atoms with Crippen LogP contribution in [0.1, 0.15) is 75.1 Å². The van der Waals surface area contributed by atoms with Gasteiger partial charge in [-0.15, -0.1) is 0 Å². The maximum absolute atomic E-state index is 12.6. The molecule has 1 heterocycles. The van der Waals surface area contributed by atoms with Crippen LogP contribution in [0, 0.1) is 11.3 Å². The smallest absolute Gasteiger partial charge is 0.359 e. The van der Waals surface area contributed by atoms with Crippen LogP contribution in [0.3, 0.4) is 0 Å². The molecule has 1 aromatic carbocycles. The third-order valence-corrected chi connectivity index (χ3v) is 9.19. The van der Waals surface area contributed by atoms with E-state index in [2.05, 4.69) is 47.2 Å². The van der Waals surface area contributed by atoms with Crippen LogP contribution in [-0.2, 0) is 9.57 Å². The second kappa shape index (κ2) is 8.35. The van der Waals surface area contributed by atoms with Gasteiger partial charge in [0.25, 0.3) is 0 Å². The van der Waals surface area contributed by atoms with Crippen LogP contribution in [0.2, 0.25) is 0 Å². The van der Waals surface area contributed by atoms with E-state index in [9.17, 15) is 4.79 Å². The molecule has 0 unspecified atom stereocenters. The van der Waals surface area contributed by atoms with Crippen LogP contribution in [0.5, 0.6) is 0 Å². The van der Waals surface area contributed by atoms with E-state index in [1.807, 2.05) is 18.2 Å². The Morgan fingerprint density at radius 3 is 2.73 bits per heavy atom. The van der Waals surface area contributed by atoms with Gasteiger partial charge in [-0.2, -0.15) is 0 Å². The zero-order valence-electron chi connectivity index (χ0n) is 19.4. The second-order valence-corrected chi connectivity index (χ2v) is 11.2. The van der Waals surface area contributed by atoms with Crippen molar-refractivity contribution in [3.8, 4) is 0 Å². The number of hydrogen-bond acceptors (Lipinski definition) is 4. The van der Waals surface area contributed by atoms with E-state index >= 15 is 0 Å². The van der Waals surface area contributed by atoms with E-state index in [1.165, 1.54) is 24.0 Å². The lowest BCUT2D eigenvalue weighted by Gasteiger charge is -2.49. The highest BCUT2D eigenvalue weighted by molar-refractivity contribution is 9.10. The zero-order chi connectivity index (χ0) is 23.3. The van der Waals surface area contributed by atoms with Gasteiger partial charge in [-0.25, -0.2) is 4.79 Å². The van der Waals surface area contributed by atoms with Gasteiger partial charge in [0.2, 0.25) is 0 Å². The number of fused-ring (bicyclic) bond motifs is 2. The van der Waals surface area contributed by atoms with Gasteiger partial charge in [-0.1, -0.05) is 53.3 Å². The first-order valence-corrected chi connectivity index (χ1v) is 12.9. The first-order valence-electron chi connectivity index (χ1n) is 12.1. The number of hydrogen-bond donors (Lipinski definition) is 0. The van der Waals surface area contributed by atoms with Crippen molar-refractivity contribution in [2.45, 2.75) is 75.9 Å². The minimum Gasteiger partial charge on any atom is -0.359 e. The Balaban J connectivity index is 1.43. The lowest BCUT2D eigenvalue weighted by atomic mass is 9.61. The van der Waals surface area contributed by atoms with Gasteiger partial charge in [0.05, 0.1) is 22.5 Å². The molecular weight excluding hydrogens is 478 g/mol. The third kappa shape index (κ3) is 3.59. The maximum atomic E-state index is 12.6. The molecule has 3 aliphatic carbocycles. The molecule has 2 spiro atoms. The van der Waals surface area contributed by atoms with Crippen molar-refractivity contribution in [2.24, 2.45) is 16.5 Å². The molecule has 0 bridgehead atoms. The second-order valence-electron chi connectivity index (χ2n) is 10.3. The fourth-order valence-corrected chi connectivity index (χ4v) is 7.06. The van der Waals surface area contributed by atoms with Crippen molar-refractivity contribution in [1.29, 1.82) is 0 Å². The van der Waals surface area contributed by atoms with Gasteiger partial charge in [-0.3, -0.25) is 0 Å².